The Morgan fingerprint density at radius 1 is 1.19 bits per heavy atom. The van der Waals surface area contributed by atoms with Crippen molar-refractivity contribution in [3.05, 3.63) is 52.4 Å². The smallest absolute Gasteiger partial charge is 0.138 e. The van der Waals surface area contributed by atoms with Gasteiger partial charge in [0, 0.05) is 18.3 Å². The first kappa shape index (κ1) is 13.9. The molecule has 0 saturated carbocycles. The molecular formula is C16H16FN3S. The zero-order chi connectivity index (χ0) is 14.8. The minimum absolute atomic E-state index is 0.225. The van der Waals surface area contributed by atoms with E-state index in [0.717, 1.165) is 33.8 Å². The van der Waals surface area contributed by atoms with E-state index in [0.29, 0.717) is 6.42 Å². The van der Waals surface area contributed by atoms with Crippen molar-refractivity contribution in [1.29, 1.82) is 0 Å². The second-order valence-electron chi connectivity index (χ2n) is 4.83. The van der Waals surface area contributed by atoms with Crippen LogP contribution in [-0.2, 0) is 12.8 Å². The molecule has 2 heterocycles. The Balaban J connectivity index is 2.00. The number of benzene rings is 1. The maximum Gasteiger partial charge on any atom is 0.138 e. The van der Waals surface area contributed by atoms with Gasteiger partial charge < -0.3 is 5.32 Å². The van der Waals surface area contributed by atoms with Crippen molar-refractivity contribution in [3.63, 3.8) is 0 Å². The van der Waals surface area contributed by atoms with Crippen molar-refractivity contribution < 1.29 is 4.39 Å². The summed E-state index contributed by atoms with van der Waals surface area (Å²) in [5.74, 6) is 1.38. The van der Waals surface area contributed by atoms with E-state index in [1.165, 1.54) is 17.0 Å². The molecule has 1 N–H and O–H groups in total. The van der Waals surface area contributed by atoms with Gasteiger partial charge in [0.1, 0.15) is 22.3 Å². The molecule has 3 rings (SSSR count). The summed E-state index contributed by atoms with van der Waals surface area (Å²) >= 11 is 1.70. The van der Waals surface area contributed by atoms with Crippen molar-refractivity contribution in [3.8, 4) is 0 Å². The summed E-state index contributed by atoms with van der Waals surface area (Å²) in [6, 6.07) is 8.62. The molecule has 0 aliphatic heterocycles. The van der Waals surface area contributed by atoms with Gasteiger partial charge in [0.05, 0.1) is 5.39 Å². The number of fused-ring (bicyclic) bond motifs is 1. The van der Waals surface area contributed by atoms with Crippen LogP contribution in [0.5, 0.6) is 0 Å². The van der Waals surface area contributed by atoms with Gasteiger partial charge in [0.15, 0.2) is 0 Å². The molecule has 5 heteroatoms. The average molecular weight is 301 g/mol. The number of nitrogens with zero attached hydrogens (tertiary/aromatic N) is 2. The van der Waals surface area contributed by atoms with E-state index in [4.69, 9.17) is 0 Å². The predicted molar refractivity (Wildman–Crippen MR) is 85.5 cm³/mol. The topological polar surface area (TPSA) is 37.8 Å². The van der Waals surface area contributed by atoms with Crippen LogP contribution in [0.4, 0.5) is 10.2 Å². The Labute approximate surface area is 126 Å². The summed E-state index contributed by atoms with van der Waals surface area (Å²) < 4.78 is 13.0. The van der Waals surface area contributed by atoms with E-state index in [1.54, 1.807) is 23.5 Å². The van der Waals surface area contributed by atoms with Gasteiger partial charge in [-0.3, -0.25) is 0 Å². The standard InChI is InChI=1S/C16H16FN3S/c1-3-12-9-13-15(18-2)19-14(20-16(13)21-12)8-10-4-6-11(17)7-5-10/h4-7,9H,3,8H2,1-2H3,(H,18,19,20). The molecule has 0 saturated heterocycles. The zero-order valence-electron chi connectivity index (χ0n) is 12.0. The summed E-state index contributed by atoms with van der Waals surface area (Å²) in [5.41, 5.74) is 1.00. The quantitative estimate of drug-likeness (QED) is 0.790. The maximum absolute atomic E-state index is 13.0. The van der Waals surface area contributed by atoms with Gasteiger partial charge in [-0.15, -0.1) is 11.3 Å². The first-order chi connectivity index (χ1) is 10.2. The van der Waals surface area contributed by atoms with Crippen LogP contribution in [0.1, 0.15) is 23.2 Å². The molecule has 0 unspecified atom stereocenters. The van der Waals surface area contributed by atoms with Gasteiger partial charge >= 0.3 is 0 Å². The summed E-state index contributed by atoms with van der Waals surface area (Å²) in [7, 11) is 1.87. The number of aromatic nitrogens is 2. The molecule has 3 nitrogen and oxygen atoms in total. The Hall–Kier alpha value is -2.01. The number of hydrogen-bond donors (Lipinski definition) is 1. The molecule has 0 amide bonds. The fourth-order valence-electron chi connectivity index (χ4n) is 2.24. The Bertz CT molecular complexity index is 765. The number of anilines is 1. The third-order valence-corrected chi connectivity index (χ3v) is 4.52. The van der Waals surface area contributed by atoms with Crippen LogP contribution >= 0.6 is 11.3 Å². The van der Waals surface area contributed by atoms with Gasteiger partial charge in [-0.1, -0.05) is 19.1 Å². The number of halogens is 1. The van der Waals surface area contributed by atoms with Crippen molar-refractivity contribution in [2.75, 3.05) is 12.4 Å². The van der Waals surface area contributed by atoms with Crippen LogP contribution in [0.25, 0.3) is 10.2 Å². The number of nitrogens with one attached hydrogen (secondary N) is 1. The van der Waals surface area contributed by atoms with Gasteiger partial charge in [-0.25, -0.2) is 14.4 Å². The van der Waals surface area contributed by atoms with Gasteiger partial charge in [0.25, 0.3) is 0 Å². The number of aryl methyl sites for hydroxylation is 1. The molecule has 0 aliphatic rings. The van der Waals surface area contributed by atoms with Crippen LogP contribution < -0.4 is 5.32 Å². The molecule has 2 aromatic heterocycles. The highest BCUT2D eigenvalue weighted by Crippen LogP contribution is 2.29. The molecular weight excluding hydrogens is 285 g/mol. The average Bonchev–Trinajstić information content (AvgIpc) is 2.92. The molecule has 108 valence electrons. The van der Waals surface area contributed by atoms with E-state index in [1.807, 2.05) is 7.05 Å². The largest absolute Gasteiger partial charge is 0.372 e. The predicted octanol–water partition coefficient (Wildman–Crippen LogP) is 4.03. The van der Waals surface area contributed by atoms with E-state index in [9.17, 15) is 4.39 Å². The molecule has 0 spiro atoms. The van der Waals surface area contributed by atoms with Crippen LogP contribution in [0.3, 0.4) is 0 Å². The molecule has 0 aliphatic carbocycles. The maximum atomic E-state index is 13.0. The molecule has 0 fully saturated rings. The molecule has 3 aromatic rings. The summed E-state index contributed by atoms with van der Waals surface area (Å²) in [4.78, 5) is 11.5. The van der Waals surface area contributed by atoms with Gasteiger partial charge in [0.2, 0.25) is 0 Å². The van der Waals surface area contributed by atoms with Gasteiger partial charge in [-0.2, -0.15) is 0 Å². The monoisotopic (exact) mass is 301 g/mol. The third kappa shape index (κ3) is 2.88. The van der Waals surface area contributed by atoms with E-state index >= 15 is 0 Å². The Morgan fingerprint density at radius 3 is 2.62 bits per heavy atom. The number of hydrogen-bond acceptors (Lipinski definition) is 4. The fraction of sp³-hybridized carbons (Fsp3) is 0.250. The van der Waals surface area contributed by atoms with Crippen molar-refractivity contribution in [2.24, 2.45) is 0 Å². The normalized spacial score (nSPS) is 11.0. The Morgan fingerprint density at radius 2 is 1.95 bits per heavy atom. The molecule has 0 bridgehead atoms. The van der Waals surface area contributed by atoms with E-state index in [-0.39, 0.29) is 5.82 Å². The minimum atomic E-state index is -0.225. The van der Waals surface area contributed by atoms with Crippen LogP contribution in [0.15, 0.2) is 30.3 Å². The SMILES string of the molecule is CCc1cc2c(NC)nc(Cc3ccc(F)cc3)nc2s1. The molecule has 21 heavy (non-hydrogen) atoms. The fourth-order valence-corrected chi connectivity index (χ4v) is 3.23. The number of rotatable bonds is 4. The van der Waals surface area contributed by atoms with E-state index in [2.05, 4.69) is 28.3 Å². The van der Waals surface area contributed by atoms with Gasteiger partial charge in [-0.05, 0) is 30.2 Å². The Kier molecular flexibility index (Phi) is 3.84. The molecule has 0 atom stereocenters. The van der Waals surface area contributed by atoms with Crippen LogP contribution in [-0.4, -0.2) is 17.0 Å². The van der Waals surface area contributed by atoms with Crippen LogP contribution in [0.2, 0.25) is 0 Å². The zero-order valence-corrected chi connectivity index (χ0v) is 12.8. The highest BCUT2D eigenvalue weighted by Gasteiger charge is 2.11. The first-order valence-electron chi connectivity index (χ1n) is 6.91. The lowest BCUT2D eigenvalue weighted by atomic mass is 10.1. The van der Waals surface area contributed by atoms with E-state index < -0.39 is 0 Å². The third-order valence-electron chi connectivity index (χ3n) is 3.35. The van der Waals surface area contributed by atoms with Crippen LogP contribution in [0, 0.1) is 5.82 Å². The lowest BCUT2D eigenvalue weighted by Gasteiger charge is -2.05. The van der Waals surface area contributed by atoms with Crippen molar-refractivity contribution in [1.82, 2.24) is 9.97 Å². The summed E-state index contributed by atoms with van der Waals surface area (Å²) in [6.45, 7) is 2.14. The number of thiophene rings is 1. The summed E-state index contributed by atoms with van der Waals surface area (Å²) in [6.07, 6.45) is 1.60. The highest BCUT2D eigenvalue weighted by molar-refractivity contribution is 7.18. The van der Waals surface area contributed by atoms with Crippen molar-refractivity contribution >= 4 is 27.4 Å². The highest BCUT2D eigenvalue weighted by atomic mass is 32.1. The van der Waals surface area contributed by atoms with Crippen molar-refractivity contribution in [2.45, 2.75) is 19.8 Å². The summed E-state index contributed by atoms with van der Waals surface area (Å²) in [5, 5.41) is 4.21. The minimum Gasteiger partial charge on any atom is -0.372 e. The lowest BCUT2D eigenvalue weighted by molar-refractivity contribution is 0.627. The second-order valence-corrected chi connectivity index (χ2v) is 5.94. The molecule has 0 radical (unpaired) electrons. The second kappa shape index (κ2) is 5.77. The lowest BCUT2D eigenvalue weighted by Crippen LogP contribution is -2.01. The first-order valence-corrected chi connectivity index (χ1v) is 7.72. The molecule has 1 aromatic carbocycles.